The maximum Gasteiger partial charge on any atom is 0.244 e. The molecule has 5 heteroatoms. The fourth-order valence-electron chi connectivity index (χ4n) is 6.16. The molecule has 2 aliphatic carbocycles. The molecule has 37 heavy (non-hydrogen) atoms. The predicted octanol–water partition coefficient (Wildman–Crippen LogP) is 7.27. The lowest BCUT2D eigenvalue weighted by molar-refractivity contribution is 0.0910. The summed E-state index contributed by atoms with van der Waals surface area (Å²) in [6.45, 7) is 2.06. The molecule has 0 spiro atoms. The van der Waals surface area contributed by atoms with Crippen molar-refractivity contribution in [2.24, 2.45) is 0 Å². The van der Waals surface area contributed by atoms with Crippen LogP contribution in [0.4, 0.5) is 0 Å². The molecule has 2 aromatic carbocycles. The number of fused-ring (bicyclic) bond motifs is 4. The van der Waals surface area contributed by atoms with Crippen LogP contribution in [0, 0.1) is 11.3 Å². The molecule has 186 valence electrons. The van der Waals surface area contributed by atoms with Gasteiger partial charge in [0.25, 0.3) is 0 Å². The molecule has 4 nitrogen and oxygen atoms in total. The first kappa shape index (κ1) is 24.0. The molecule has 0 N–H and O–H groups in total. The molecule has 0 saturated carbocycles. The highest BCUT2D eigenvalue weighted by molar-refractivity contribution is 8.00. The third-order valence-electron chi connectivity index (χ3n) is 8.04. The predicted molar refractivity (Wildman–Crippen MR) is 149 cm³/mol. The van der Waals surface area contributed by atoms with E-state index < -0.39 is 0 Å². The second kappa shape index (κ2) is 10.2. The minimum Gasteiger partial charge on any atom is -0.283 e. The van der Waals surface area contributed by atoms with Crippen LogP contribution in [0.2, 0.25) is 0 Å². The molecule has 2 aromatic heterocycles. The van der Waals surface area contributed by atoms with E-state index in [1.165, 1.54) is 46.0 Å². The average Bonchev–Trinajstić information content (AvgIpc) is 3.29. The van der Waals surface area contributed by atoms with Gasteiger partial charge in [0.05, 0.1) is 16.3 Å². The summed E-state index contributed by atoms with van der Waals surface area (Å²) in [7, 11) is 0. The Morgan fingerprint density at radius 1 is 1.11 bits per heavy atom. The van der Waals surface area contributed by atoms with Gasteiger partial charge in [-0.15, -0.1) is 0 Å². The third kappa shape index (κ3) is 4.38. The van der Waals surface area contributed by atoms with E-state index >= 15 is 0 Å². The molecule has 0 fully saturated rings. The number of rotatable bonds is 5. The van der Waals surface area contributed by atoms with E-state index in [2.05, 4.69) is 61.5 Å². The Kier molecular flexibility index (Phi) is 6.61. The second-order valence-electron chi connectivity index (χ2n) is 10.2. The van der Waals surface area contributed by atoms with Crippen LogP contribution < -0.4 is 0 Å². The van der Waals surface area contributed by atoms with Gasteiger partial charge in [-0.2, -0.15) is 5.26 Å². The molecule has 2 heterocycles. The number of hydrogen-bond acceptors (Lipinski definition) is 4. The zero-order valence-corrected chi connectivity index (χ0v) is 22.1. The molecule has 0 saturated heterocycles. The van der Waals surface area contributed by atoms with Crippen molar-refractivity contribution in [3.63, 3.8) is 0 Å². The van der Waals surface area contributed by atoms with E-state index in [9.17, 15) is 10.1 Å². The van der Waals surface area contributed by atoms with E-state index in [1.807, 2.05) is 16.7 Å². The molecular weight excluding hydrogens is 474 g/mol. The molecule has 6 rings (SSSR count). The maximum atomic E-state index is 14.0. The SMILES string of the molecule is CCC(Sc1nc2c(cc1C#N)CC(c1ccccc1)CC2)C(=O)n1c2c(c3ccccc31)CCCC2. The lowest BCUT2D eigenvalue weighted by atomic mass is 9.82. The number of nitriles is 1. The minimum atomic E-state index is -0.292. The number of nitrogens with zero attached hydrogens (tertiary/aromatic N) is 3. The van der Waals surface area contributed by atoms with E-state index in [0.29, 0.717) is 22.9 Å². The van der Waals surface area contributed by atoms with Gasteiger partial charge in [0, 0.05) is 16.8 Å². The van der Waals surface area contributed by atoms with Gasteiger partial charge in [0.1, 0.15) is 11.1 Å². The van der Waals surface area contributed by atoms with Gasteiger partial charge in [0.15, 0.2) is 0 Å². The molecule has 0 radical (unpaired) electrons. The lowest BCUT2D eigenvalue weighted by Gasteiger charge is -2.25. The summed E-state index contributed by atoms with van der Waals surface area (Å²) in [5.74, 6) is 0.568. The van der Waals surface area contributed by atoms with Gasteiger partial charge in [-0.25, -0.2) is 4.98 Å². The van der Waals surface area contributed by atoms with E-state index in [0.717, 1.165) is 49.7 Å². The number of hydrogen-bond donors (Lipinski definition) is 0. The van der Waals surface area contributed by atoms with Crippen molar-refractivity contribution in [1.82, 2.24) is 9.55 Å². The quantitative estimate of drug-likeness (QED) is 0.268. The van der Waals surface area contributed by atoms with Crippen LogP contribution in [0.3, 0.4) is 0 Å². The van der Waals surface area contributed by atoms with Crippen molar-refractivity contribution in [2.45, 2.75) is 74.5 Å². The van der Waals surface area contributed by atoms with Crippen LogP contribution in [-0.4, -0.2) is 20.7 Å². The smallest absolute Gasteiger partial charge is 0.244 e. The van der Waals surface area contributed by atoms with Crippen molar-refractivity contribution in [2.75, 3.05) is 0 Å². The van der Waals surface area contributed by atoms with Crippen molar-refractivity contribution in [3.8, 4) is 6.07 Å². The summed E-state index contributed by atoms with van der Waals surface area (Å²) in [4.78, 5) is 19.0. The summed E-state index contributed by atoms with van der Waals surface area (Å²) in [5.41, 5.74) is 7.73. The van der Waals surface area contributed by atoms with Crippen LogP contribution in [0.15, 0.2) is 65.7 Å². The highest BCUT2D eigenvalue weighted by atomic mass is 32.2. The van der Waals surface area contributed by atoms with Gasteiger partial charge in [-0.05, 0) is 86.1 Å². The first-order valence-electron chi connectivity index (χ1n) is 13.5. The van der Waals surface area contributed by atoms with Crippen molar-refractivity contribution in [3.05, 3.63) is 94.3 Å². The lowest BCUT2D eigenvalue weighted by Crippen LogP contribution is -2.26. The Morgan fingerprint density at radius 3 is 2.70 bits per heavy atom. The van der Waals surface area contributed by atoms with Gasteiger partial charge in [-0.1, -0.05) is 67.2 Å². The zero-order chi connectivity index (χ0) is 25.4. The molecule has 2 aliphatic rings. The second-order valence-corrected chi connectivity index (χ2v) is 11.4. The highest BCUT2D eigenvalue weighted by Gasteiger charge is 2.30. The number of aromatic nitrogens is 2. The summed E-state index contributed by atoms with van der Waals surface area (Å²) in [6.07, 6.45) is 7.82. The van der Waals surface area contributed by atoms with Gasteiger partial charge < -0.3 is 0 Å². The van der Waals surface area contributed by atoms with Crippen LogP contribution >= 0.6 is 11.8 Å². The van der Waals surface area contributed by atoms with E-state index in [4.69, 9.17) is 4.98 Å². The van der Waals surface area contributed by atoms with E-state index in [-0.39, 0.29) is 11.2 Å². The normalized spacial score (nSPS) is 17.6. The molecule has 2 atom stereocenters. The van der Waals surface area contributed by atoms with Crippen molar-refractivity contribution in [1.29, 1.82) is 5.26 Å². The van der Waals surface area contributed by atoms with Crippen LogP contribution in [0.1, 0.15) is 77.0 Å². The van der Waals surface area contributed by atoms with Gasteiger partial charge in [0.2, 0.25) is 5.91 Å². The third-order valence-corrected chi connectivity index (χ3v) is 9.40. The molecule has 0 bridgehead atoms. The summed E-state index contributed by atoms with van der Waals surface area (Å²) in [6, 6.07) is 23.4. The molecule has 4 aromatic rings. The van der Waals surface area contributed by atoms with Crippen molar-refractivity contribution >= 4 is 28.6 Å². The Bertz CT molecular complexity index is 1510. The van der Waals surface area contributed by atoms with Crippen LogP contribution in [-0.2, 0) is 25.7 Å². The van der Waals surface area contributed by atoms with E-state index in [1.54, 1.807) is 0 Å². The number of pyridine rings is 1. The molecule has 2 unspecified atom stereocenters. The Labute approximate surface area is 222 Å². The molecular formula is C32H31N3OS. The fourth-order valence-corrected chi connectivity index (χ4v) is 7.20. The number of aryl methyl sites for hydroxylation is 2. The maximum absolute atomic E-state index is 14.0. The largest absolute Gasteiger partial charge is 0.283 e. The molecule has 0 amide bonds. The first-order valence-corrected chi connectivity index (χ1v) is 14.4. The number of carbonyl (C=O) groups excluding carboxylic acids is 1. The monoisotopic (exact) mass is 505 g/mol. The number of thioether (sulfide) groups is 1. The summed E-state index contributed by atoms with van der Waals surface area (Å²) in [5, 5.41) is 11.6. The average molecular weight is 506 g/mol. The Hall–Kier alpha value is -3.36. The topological polar surface area (TPSA) is 58.7 Å². The first-order chi connectivity index (χ1) is 18.2. The minimum absolute atomic E-state index is 0.111. The van der Waals surface area contributed by atoms with Crippen LogP contribution in [0.25, 0.3) is 10.9 Å². The van der Waals surface area contributed by atoms with Crippen molar-refractivity contribution < 1.29 is 4.79 Å². The van der Waals surface area contributed by atoms with Gasteiger partial charge in [-0.3, -0.25) is 9.36 Å². The number of benzene rings is 2. The zero-order valence-electron chi connectivity index (χ0n) is 21.2. The van der Waals surface area contributed by atoms with Crippen LogP contribution in [0.5, 0.6) is 0 Å². The standard InChI is InChI=1S/C32H31N3OS/c1-2-30(32(36)35-28-14-8-6-12-25(28)26-13-7-9-15-29(26)35)37-31-24(20-33)19-23-18-22(16-17-27(23)34-31)21-10-4-3-5-11-21/h3-6,8,10-12,14,19,22,30H,2,7,9,13,15-18H2,1H3. The molecule has 0 aliphatic heterocycles. The number of carbonyl (C=O) groups is 1. The Balaban J connectivity index is 1.31. The number of para-hydroxylation sites is 1. The highest BCUT2D eigenvalue weighted by Crippen LogP contribution is 2.38. The summed E-state index contributed by atoms with van der Waals surface area (Å²) < 4.78 is 1.99. The van der Waals surface area contributed by atoms with Gasteiger partial charge >= 0.3 is 0 Å². The summed E-state index contributed by atoms with van der Waals surface area (Å²) >= 11 is 1.47. The Morgan fingerprint density at radius 2 is 1.89 bits per heavy atom. The fraction of sp³-hybridized carbons (Fsp3) is 0.344.